The van der Waals surface area contributed by atoms with Crippen molar-refractivity contribution >= 4 is 17.9 Å². The van der Waals surface area contributed by atoms with E-state index in [0.29, 0.717) is 19.3 Å². The number of esters is 3. The molecule has 0 bridgehead atoms. The van der Waals surface area contributed by atoms with E-state index in [1.165, 1.54) is 135 Å². The van der Waals surface area contributed by atoms with Crippen LogP contribution in [0.15, 0.2) is 0 Å². The predicted octanol–water partition coefficient (Wildman–Crippen LogP) is 14.8. The molecule has 0 radical (unpaired) electrons. The quantitative estimate of drug-likeness (QED) is 0.0350. The summed E-state index contributed by atoms with van der Waals surface area (Å²) in [6, 6.07) is 0. The zero-order valence-electron chi connectivity index (χ0n) is 37.0. The number of rotatable bonds is 41. The fourth-order valence-electron chi connectivity index (χ4n) is 7.06. The highest BCUT2D eigenvalue weighted by atomic mass is 16.6. The predicted molar refractivity (Wildman–Crippen MR) is 229 cm³/mol. The topological polar surface area (TPSA) is 78.9 Å². The number of ether oxygens (including phenoxy) is 3. The van der Waals surface area contributed by atoms with Gasteiger partial charge in [-0.2, -0.15) is 0 Å². The number of hydrogen-bond acceptors (Lipinski definition) is 6. The lowest BCUT2D eigenvalue weighted by Crippen LogP contribution is -2.30. The molecule has 0 N–H and O–H groups in total. The third-order valence-corrected chi connectivity index (χ3v) is 10.6. The Morgan fingerprint density at radius 2 is 0.537 bits per heavy atom. The second-order valence-electron chi connectivity index (χ2n) is 17.8. The molecular weight excluding hydrogens is 673 g/mol. The summed E-state index contributed by atoms with van der Waals surface area (Å²) < 4.78 is 16.7. The monoisotopic (exact) mass is 765 g/mol. The van der Waals surface area contributed by atoms with Gasteiger partial charge in [-0.15, -0.1) is 0 Å². The number of carbonyl (C=O) groups is 3. The average Bonchev–Trinajstić information content (AvgIpc) is 3.12. The van der Waals surface area contributed by atoms with Gasteiger partial charge < -0.3 is 14.2 Å². The summed E-state index contributed by atoms with van der Waals surface area (Å²) in [7, 11) is 0. The summed E-state index contributed by atoms with van der Waals surface area (Å²) >= 11 is 0. The van der Waals surface area contributed by atoms with Gasteiger partial charge in [0.15, 0.2) is 6.10 Å². The molecule has 0 unspecified atom stereocenters. The van der Waals surface area contributed by atoms with Gasteiger partial charge in [-0.1, -0.05) is 215 Å². The normalized spacial score (nSPS) is 11.7. The van der Waals surface area contributed by atoms with E-state index in [1.807, 2.05) is 0 Å². The maximum absolute atomic E-state index is 12.7. The number of hydrogen-bond donors (Lipinski definition) is 0. The first-order chi connectivity index (χ1) is 26.1. The van der Waals surface area contributed by atoms with Gasteiger partial charge in [0.25, 0.3) is 0 Å². The van der Waals surface area contributed by atoms with Crippen LogP contribution in [-0.4, -0.2) is 37.2 Å². The third kappa shape index (κ3) is 41.6. The molecule has 320 valence electrons. The standard InChI is InChI=1S/C48H92O6/c1-42(2)34-28-22-16-10-7-13-19-25-31-37-46(49)52-40-45(54-48(51)39-33-27-21-15-9-12-18-24-30-36-44(5)6)41-53-47(50)38-32-26-20-14-8-11-17-23-29-35-43(3)4/h42-45H,7-41H2,1-6H3. The summed E-state index contributed by atoms with van der Waals surface area (Å²) in [5.74, 6) is 1.56. The van der Waals surface area contributed by atoms with Gasteiger partial charge in [-0.05, 0) is 37.0 Å². The minimum absolute atomic E-state index is 0.0662. The summed E-state index contributed by atoms with van der Waals surface area (Å²) in [4.78, 5) is 37.8. The second kappa shape index (κ2) is 39.6. The molecule has 0 heterocycles. The molecule has 0 atom stereocenters. The molecule has 0 aliphatic rings. The molecule has 0 aromatic heterocycles. The van der Waals surface area contributed by atoms with Crippen molar-refractivity contribution in [2.45, 2.75) is 260 Å². The van der Waals surface area contributed by atoms with Crippen molar-refractivity contribution in [3.8, 4) is 0 Å². The van der Waals surface area contributed by atoms with Crippen LogP contribution in [-0.2, 0) is 28.6 Å². The third-order valence-electron chi connectivity index (χ3n) is 10.6. The molecule has 0 rings (SSSR count). The summed E-state index contributed by atoms with van der Waals surface area (Å²) in [5, 5.41) is 0. The molecule has 0 amide bonds. The minimum atomic E-state index is -0.762. The Morgan fingerprint density at radius 1 is 0.315 bits per heavy atom. The maximum Gasteiger partial charge on any atom is 0.306 e. The fraction of sp³-hybridized carbons (Fsp3) is 0.938. The molecule has 6 heteroatoms. The highest BCUT2D eigenvalue weighted by Gasteiger charge is 2.19. The fourth-order valence-corrected chi connectivity index (χ4v) is 7.06. The van der Waals surface area contributed by atoms with Gasteiger partial charge in [-0.3, -0.25) is 14.4 Å². The van der Waals surface area contributed by atoms with Gasteiger partial charge in [-0.25, -0.2) is 0 Å². The van der Waals surface area contributed by atoms with Crippen molar-refractivity contribution in [2.24, 2.45) is 17.8 Å². The lowest BCUT2D eigenvalue weighted by atomic mass is 10.0. The van der Waals surface area contributed by atoms with Crippen LogP contribution in [0.5, 0.6) is 0 Å². The highest BCUT2D eigenvalue weighted by molar-refractivity contribution is 5.71. The second-order valence-corrected chi connectivity index (χ2v) is 17.8. The van der Waals surface area contributed by atoms with Crippen molar-refractivity contribution < 1.29 is 28.6 Å². The Kier molecular flexibility index (Phi) is 38.5. The molecule has 0 aromatic rings. The van der Waals surface area contributed by atoms with Gasteiger partial charge in [0, 0.05) is 19.3 Å². The first-order valence-electron chi connectivity index (χ1n) is 23.6. The van der Waals surface area contributed by atoms with E-state index in [9.17, 15) is 14.4 Å². The minimum Gasteiger partial charge on any atom is -0.462 e. The van der Waals surface area contributed by atoms with Gasteiger partial charge >= 0.3 is 17.9 Å². The van der Waals surface area contributed by atoms with Crippen LogP contribution in [0.1, 0.15) is 253 Å². The van der Waals surface area contributed by atoms with Crippen molar-refractivity contribution in [3.63, 3.8) is 0 Å². The SMILES string of the molecule is CC(C)CCCCCCCCCCCC(=O)OCC(COC(=O)CCCCCCCCCCCC(C)C)OC(=O)CCCCCCCCCCCC(C)C. The smallest absolute Gasteiger partial charge is 0.306 e. The molecule has 0 saturated heterocycles. The van der Waals surface area contributed by atoms with Crippen LogP contribution in [0.2, 0.25) is 0 Å². The molecule has 0 aliphatic heterocycles. The summed E-state index contributed by atoms with van der Waals surface area (Å²) in [5.41, 5.74) is 0. The largest absolute Gasteiger partial charge is 0.462 e. The molecule has 0 fully saturated rings. The van der Waals surface area contributed by atoms with Crippen molar-refractivity contribution in [2.75, 3.05) is 13.2 Å². The number of unbranched alkanes of at least 4 members (excludes halogenated alkanes) is 24. The highest BCUT2D eigenvalue weighted by Crippen LogP contribution is 2.17. The lowest BCUT2D eigenvalue weighted by molar-refractivity contribution is -0.167. The molecule has 54 heavy (non-hydrogen) atoms. The van der Waals surface area contributed by atoms with E-state index in [-0.39, 0.29) is 31.1 Å². The first kappa shape index (κ1) is 52.4. The maximum atomic E-state index is 12.7. The van der Waals surface area contributed by atoms with Crippen LogP contribution >= 0.6 is 0 Å². The van der Waals surface area contributed by atoms with E-state index in [2.05, 4.69) is 41.5 Å². The molecule has 0 spiro atoms. The average molecular weight is 765 g/mol. The summed E-state index contributed by atoms with van der Waals surface area (Å²) in [6.45, 7) is 13.6. The van der Waals surface area contributed by atoms with Crippen molar-refractivity contribution in [1.82, 2.24) is 0 Å². The van der Waals surface area contributed by atoms with Gasteiger partial charge in [0.05, 0.1) is 0 Å². The van der Waals surface area contributed by atoms with E-state index in [1.54, 1.807) is 0 Å². The Morgan fingerprint density at radius 3 is 0.796 bits per heavy atom. The van der Waals surface area contributed by atoms with Crippen molar-refractivity contribution in [3.05, 3.63) is 0 Å². The molecule has 0 aromatic carbocycles. The van der Waals surface area contributed by atoms with Crippen LogP contribution in [0.3, 0.4) is 0 Å². The Hall–Kier alpha value is -1.59. The van der Waals surface area contributed by atoms with E-state index < -0.39 is 6.10 Å². The lowest BCUT2D eigenvalue weighted by Gasteiger charge is -2.18. The molecule has 0 aliphatic carbocycles. The van der Waals surface area contributed by atoms with Gasteiger partial charge in [0.2, 0.25) is 0 Å². The molecular formula is C48H92O6. The Labute approximate surface area is 336 Å². The molecule has 0 saturated carbocycles. The van der Waals surface area contributed by atoms with E-state index in [4.69, 9.17) is 14.2 Å². The van der Waals surface area contributed by atoms with Crippen LogP contribution < -0.4 is 0 Å². The summed E-state index contributed by atoms with van der Waals surface area (Å²) in [6.07, 6.45) is 36.6. The van der Waals surface area contributed by atoms with Crippen LogP contribution in [0.25, 0.3) is 0 Å². The van der Waals surface area contributed by atoms with Crippen LogP contribution in [0, 0.1) is 17.8 Å². The van der Waals surface area contributed by atoms with E-state index >= 15 is 0 Å². The first-order valence-corrected chi connectivity index (χ1v) is 23.6. The Balaban J connectivity index is 4.35. The Bertz CT molecular complexity index is 791. The van der Waals surface area contributed by atoms with Crippen LogP contribution in [0.4, 0.5) is 0 Å². The van der Waals surface area contributed by atoms with E-state index in [0.717, 1.165) is 75.5 Å². The van der Waals surface area contributed by atoms with Crippen molar-refractivity contribution in [1.29, 1.82) is 0 Å². The zero-order valence-corrected chi connectivity index (χ0v) is 37.0. The number of carbonyl (C=O) groups excluding carboxylic acids is 3. The zero-order chi connectivity index (χ0) is 39.9. The molecule has 6 nitrogen and oxygen atoms in total. The van der Waals surface area contributed by atoms with Gasteiger partial charge in [0.1, 0.15) is 13.2 Å².